The molecule has 0 radical (unpaired) electrons. The number of rotatable bonds is 0. The maximum absolute atomic E-state index is 8.22. The van der Waals surface area contributed by atoms with Gasteiger partial charge in [0.05, 0.1) is 0 Å². The van der Waals surface area contributed by atoms with Crippen molar-refractivity contribution in [1.29, 1.82) is 5.26 Å². The van der Waals surface area contributed by atoms with E-state index in [2.05, 4.69) is 11.2 Å². The summed E-state index contributed by atoms with van der Waals surface area (Å²) < 4.78 is 0. The van der Waals surface area contributed by atoms with Gasteiger partial charge in [-0.3, -0.25) is 5.26 Å². The van der Waals surface area contributed by atoms with Crippen molar-refractivity contribution in [2.75, 3.05) is 0 Å². The molecule has 1 aromatic heterocycles. The smallest absolute Gasteiger partial charge is 0.359 e. The molecule has 0 spiro atoms. The molecule has 0 aliphatic heterocycles. The second kappa shape index (κ2) is 4.15. The first kappa shape index (κ1) is 8.24. The Labute approximate surface area is 65.7 Å². The number of hydrogen-bond donors (Lipinski definition) is 0. The molecular formula is C6H3LiN2. The van der Waals surface area contributed by atoms with Crippen LogP contribution in [-0.4, -0.2) is 4.98 Å². The van der Waals surface area contributed by atoms with Crippen LogP contribution in [0, 0.1) is 17.5 Å². The van der Waals surface area contributed by atoms with Crippen LogP contribution in [0.2, 0.25) is 0 Å². The first-order valence-corrected chi connectivity index (χ1v) is 2.16. The van der Waals surface area contributed by atoms with Gasteiger partial charge in [0, 0.05) is 0 Å². The Morgan fingerprint density at radius 2 is 2.44 bits per heavy atom. The van der Waals surface area contributed by atoms with E-state index in [0.29, 0.717) is 5.56 Å². The van der Waals surface area contributed by atoms with E-state index in [1.165, 1.54) is 0 Å². The van der Waals surface area contributed by atoms with E-state index in [0.717, 1.165) is 0 Å². The molecule has 0 amide bonds. The third-order valence-corrected chi connectivity index (χ3v) is 0.729. The van der Waals surface area contributed by atoms with E-state index >= 15 is 0 Å². The van der Waals surface area contributed by atoms with Crippen molar-refractivity contribution in [3.05, 3.63) is 30.1 Å². The molecule has 0 unspecified atom stereocenters. The zero-order valence-electron chi connectivity index (χ0n) is 5.13. The fraction of sp³-hybridized carbons (Fsp3) is 0. The largest absolute Gasteiger partial charge is 1.00 e. The number of nitrogens with zero attached hydrogens (tertiary/aromatic N) is 2. The van der Waals surface area contributed by atoms with Crippen LogP contribution in [0.25, 0.3) is 0 Å². The molecule has 2 nitrogen and oxygen atoms in total. The monoisotopic (exact) mass is 110 g/mol. The standard InChI is InChI=1S/C6H3N2.Li/c7-4-6-2-1-3-8-5-6;/h1-3H;/q-1;+1. The maximum atomic E-state index is 8.22. The summed E-state index contributed by atoms with van der Waals surface area (Å²) in [5.41, 5.74) is 0.479. The summed E-state index contributed by atoms with van der Waals surface area (Å²) in [6, 6.07) is 5.27. The number of hydrogen-bond acceptors (Lipinski definition) is 2. The predicted molar refractivity (Wildman–Crippen MR) is 27.8 cm³/mol. The number of nitriles is 1. The van der Waals surface area contributed by atoms with Crippen LogP contribution >= 0.6 is 0 Å². The van der Waals surface area contributed by atoms with Gasteiger partial charge in [-0.05, 0) is 12.3 Å². The van der Waals surface area contributed by atoms with E-state index in [9.17, 15) is 0 Å². The van der Waals surface area contributed by atoms with Gasteiger partial charge in [-0.25, -0.2) is 0 Å². The van der Waals surface area contributed by atoms with Crippen LogP contribution in [0.3, 0.4) is 0 Å². The molecule has 0 saturated carbocycles. The van der Waals surface area contributed by atoms with Gasteiger partial charge in [-0.2, -0.15) is 0 Å². The molecule has 1 aromatic rings. The topological polar surface area (TPSA) is 36.7 Å². The quantitative estimate of drug-likeness (QED) is 0.279. The molecule has 0 aliphatic carbocycles. The van der Waals surface area contributed by atoms with Crippen LogP contribution in [0.5, 0.6) is 0 Å². The minimum atomic E-state index is 0. The maximum Gasteiger partial charge on any atom is 1.00 e. The van der Waals surface area contributed by atoms with Crippen molar-refractivity contribution in [3.8, 4) is 6.07 Å². The van der Waals surface area contributed by atoms with Crippen LogP contribution in [0.15, 0.2) is 18.3 Å². The van der Waals surface area contributed by atoms with Gasteiger partial charge in [0.1, 0.15) is 0 Å². The first-order chi connectivity index (χ1) is 3.93. The molecule has 0 N–H and O–H groups in total. The van der Waals surface area contributed by atoms with Crippen LogP contribution in [0.4, 0.5) is 0 Å². The van der Waals surface area contributed by atoms with Crippen molar-refractivity contribution in [2.45, 2.75) is 0 Å². The Morgan fingerprint density at radius 3 is 2.78 bits per heavy atom. The van der Waals surface area contributed by atoms with E-state index in [4.69, 9.17) is 5.26 Å². The van der Waals surface area contributed by atoms with Crippen LogP contribution in [-0.2, 0) is 0 Å². The normalized spacial score (nSPS) is 7.00. The Morgan fingerprint density at radius 1 is 1.67 bits per heavy atom. The molecule has 1 heterocycles. The van der Waals surface area contributed by atoms with Gasteiger partial charge in [-0.1, -0.05) is 11.8 Å². The summed E-state index contributed by atoms with van der Waals surface area (Å²) in [5, 5.41) is 8.22. The molecule has 38 valence electrons. The van der Waals surface area contributed by atoms with E-state index in [1.54, 1.807) is 18.3 Å². The van der Waals surface area contributed by atoms with Gasteiger partial charge in [0.15, 0.2) is 0 Å². The molecule has 0 fully saturated rings. The minimum absolute atomic E-state index is 0. The molecular weight excluding hydrogens is 107 g/mol. The summed E-state index contributed by atoms with van der Waals surface area (Å²) in [7, 11) is 0. The van der Waals surface area contributed by atoms with Gasteiger partial charge in [-0.15, -0.1) is 12.1 Å². The third kappa shape index (κ3) is 2.33. The Bertz CT molecular complexity index is 202. The van der Waals surface area contributed by atoms with Crippen molar-refractivity contribution in [2.24, 2.45) is 0 Å². The van der Waals surface area contributed by atoms with Crippen LogP contribution in [0.1, 0.15) is 5.56 Å². The number of pyridine rings is 1. The third-order valence-electron chi connectivity index (χ3n) is 0.729. The second-order valence-electron chi connectivity index (χ2n) is 1.27. The van der Waals surface area contributed by atoms with Crippen LogP contribution < -0.4 is 18.9 Å². The van der Waals surface area contributed by atoms with Crippen molar-refractivity contribution < 1.29 is 18.9 Å². The molecule has 1 rings (SSSR count). The Hall–Kier alpha value is -0.763. The predicted octanol–water partition coefficient (Wildman–Crippen LogP) is -2.24. The molecule has 0 aromatic carbocycles. The summed E-state index contributed by atoms with van der Waals surface area (Å²) in [4.78, 5) is 3.61. The zero-order valence-corrected chi connectivity index (χ0v) is 5.13. The Balaban J connectivity index is 0.000000640. The summed E-state index contributed by atoms with van der Waals surface area (Å²) >= 11 is 0. The van der Waals surface area contributed by atoms with Gasteiger partial charge in [0.2, 0.25) is 0 Å². The number of aromatic nitrogens is 1. The van der Waals surface area contributed by atoms with Crippen molar-refractivity contribution >= 4 is 0 Å². The van der Waals surface area contributed by atoms with Crippen molar-refractivity contribution in [1.82, 2.24) is 4.98 Å². The average Bonchev–Trinajstić information content (AvgIpc) is 1.90. The van der Waals surface area contributed by atoms with Gasteiger partial charge in [0.25, 0.3) is 0 Å². The SMILES string of the molecule is N#Cc1[c-]nccc1.[Li+]. The summed E-state index contributed by atoms with van der Waals surface area (Å²) in [5.74, 6) is 0. The molecule has 0 aliphatic rings. The van der Waals surface area contributed by atoms with Gasteiger partial charge < -0.3 is 4.98 Å². The van der Waals surface area contributed by atoms with E-state index < -0.39 is 0 Å². The zero-order chi connectivity index (χ0) is 5.82. The average molecular weight is 110 g/mol. The molecule has 9 heavy (non-hydrogen) atoms. The fourth-order valence-corrected chi connectivity index (χ4v) is 0.389. The first-order valence-electron chi connectivity index (χ1n) is 2.16. The summed E-state index contributed by atoms with van der Waals surface area (Å²) in [6.07, 6.45) is 4.09. The Kier molecular flexibility index (Phi) is 3.80. The second-order valence-corrected chi connectivity index (χ2v) is 1.27. The van der Waals surface area contributed by atoms with E-state index in [1.807, 2.05) is 6.07 Å². The minimum Gasteiger partial charge on any atom is -0.359 e. The molecule has 0 saturated heterocycles. The summed E-state index contributed by atoms with van der Waals surface area (Å²) in [6.45, 7) is 0. The molecule has 0 bridgehead atoms. The molecule has 3 heteroatoms. The van der Waals surface area contributed by atoms with E-state index in [-0.39, 0.29) is 18.9 Å². The van der Waals surface area contributed by atoms with Gasteiger partial charge >= 0.3 is 18.9 Å². The van der Waals surface area contributed by atoms with Crippen molar-refractivity contribution in [3.63, 3.8) is 0 Å². The molecule has 0 atom stereocenters. The fourth-order valence-electron chi connectivity index (χ4n) is 0.389.